The van der Waals surface area contributed by atoms with E-state index in [1.165, 1.54) is 0 Å². The van der Waals surface area contributed by atoms with Gasteiger partial charge in [-0.05, 0) is 79.0 Å². The minimum Gasteiger partial charge on any atom is -0.449 e. The summed E-state index contributed by atoms with van der Waals surface area (Å²) in [5.74, 6) is -0.183. The van der Waals surface area contributed by atoms with Gasteiger partial charge < -0.3 is 26.8 Å². The number of rotatable bonds is 18. The summed E-state index contributed by atoms with van der Waals surface area (Å²) in [4.78, 5) is 15.7. The highest BCUT2D eigenvalue weighted by Crippen LogP contribution is 1.96. The van der Waals surface area contributed by atoms with E-state index in [0.29, 0.717) is 13.3 Å². The van der Waals surface area contributed by atoms with E-state index in [2.05, 4.69) is 15.5 Å². The molecule has 0 radical (unpaired) electrons. The lowest BCUT2D eigenvalue weighted by molar-refractivity contribution is -0.149. The summed E-state index contributed by atoms with van der Waals surface area (Å²) in [6.07, 6.45) is 4.05. The number of hydrogen-bond donors (Lipinski definition) is 4. The van der Waals surface area contributed by atoms with Gasteiger partial charge in [0.1, 0.15) is 6.73 Å². The number of carbonyl (C=O) groups is 1. The predicted molar refractivity (Wildman–Crippen MR) is 103 cm³/mol. The van der Waals surface area contributed by atoms with Crippen LogP contribution >= 0.6 is 0 Å². The number of likely N-dealkylation sites (N-methyl/N-ethyl adjacent to an activating group) is 1. The van der Waals surface area contributed by atoms with Gasteiger partial charge in [0.2, 0.25) is 0 Å². The molecule has 0 spiro atoms. The Morgan fingerprint density at radius 2 is 1.36 bits per heavy atom. The second-order valence-corrected chi connectivity index (χ2v) is 6.49. The van der Waals surface area contributed by atoms with Gasteiger partial charge in [-0.25, -0.2) is 0 Å². The lowest BCUT2D eigenvalue weighted by Gasteiger charge is -2.22. The number of esters is 1. The molecular formula is C17H40N6O2. The SMILES string of the molecule is CN(C)CC(=O)OCN(CCCNCCCN)CCCNCCCN. The molecule has 0 unspecified atom stereocenters. The highest BCUT2D eigenvalue weighted by molar-refractivity contribution is 5.71. The van der Waals surface area contributed by atoms with Gasteiger partial charge in [-0.2, -0.15) is 0 Å². The first-order valence-electron chi connectivity index (χ1n) is 9.44. The van der Waals surface area contributed by atoms with Crippen LogP contribution in [0, 0.1) is 0 Å². The maximum Gasteiger partial charge on any atom is 0.321 e. The summed E-state index contributed by atoms with van der Waals surface area (Å²) in [5, 5.41) is 6.76. The second-order valence-electron chi connectivity index (χ2n) is 6.49. The van der Waals surface area contributed by atoms with Crippen molar-refractivity contribution in [3.05, 3.63) is 0 Å². The molecule has 25 heavy (non-hydrogen) atoms. The molecule has 0 rings (SSSR count). The lowest BCUT2D eigenvalue weighted by Crippen LogP contribution is -2.35. The van der Waals surface area contributed by atoms with Gasteiger partial charge in [-0.1, -0.05) is 0 Å². The van der Waals surface area contributed by atoms with Crippen molar-refractivity contribution in [2.24, 2.45) is 11.5 Å². The number of hydrogen-bond acceptors (Lipinski definition) is 8. The zero-order valence-electron chi connectivity index (χ0n) is 16.3. The molecule has 0 saturated carbocycles. The van der Waals surface area contributed by atoms with Crippen LogP contribution in [0.25, 0.3) is 0 Å². The largest absolute Gasteiger partial charge is 0.449 e. The third-order valence-electron chi connectivity index (χ3n) is 3.62. The third kappa shape index (κ3) is 17.8. The fraction of sp³-hybridized carbons (Fsp3) is 0.941. The minimum absolute atomic E-state index is 0.183. The Morgan fingerprint density at radius 3 is 1.80 bits per heavy atom. The topological polar surface area (TPSA) is 109 Å². The summed E-state index contributed by atoms with van der Waals surface area (Å²) < 4.78 is 5.38. The van der Waals surface area contributed by atoms with Gasteiger partial charge >= 0.3 is 5.97 Å². The van der Waals surface area contributed by atoms with Crippen LogP contribution in [0.3, 0.4) is 0 Å². The van der Waals surface area contributed by atoms with Crippen LogP contribution in [-0.2, 0) is 9.53 Å². The van der Waals surface area contributed by atoms with E-state index < -0.39 is 0 Å². The van der Waals surface area contributed by atoms with Crippen molar-refractivity contribution in [3.63, 3.8) is 0 Å². The molecule has 0 fully saturated rings. The van der Waals surface area contributed by atoms with Crippen LogP contribution in [0.2, 0.25) is 0 Å². The summed E-state index contributed by atoms with van der Waals surface area (Å²) in [6, 6.07) is 0. The van der Waals surface area contributed by atoms with Crippen molar-refractivity contribution >= 4 is 5.97 Å². The Balaban J connectivity index is 3.97. The Morgan fingerprint density at radius 1 is 0.880 bits per heavy atom. The van der Waals surface area contributed by atoms with Crippen LogP contribution < -0.4 is 22.1 Å². The maximum absolute atomic E-state index is 11.7. The number of nitrogens with one attached hydrogen (secondary N) is 2. The van der Waals surface area contributed by atoms with Crippen LogP contribution in [0.5, 0.6) is 0 Å². The molecule has 8 heteroatoms. The average molecular weight is 361 g/mol. The second kappa shape index (κ2) is 18.0. The van der Waals surface area contributed by atoms with Crippen molar-refractivity contribution in [2.75, 3.05) is 79.7 Å². The van der Waals surface area contributed by atoms with E-state index in [1.54, 1.807) is 0 Å². The molecule has 0 bridgehead atoms. The highest BCUT2D eigenvalue weighted by Gasteiger charge is 2.09. The Bertz CT molecular complexity index is 289. The molecule has 6 N–H and O–H groups in total. The number of ether oxygens (including phenoxy) is 1. The number of carbonyl (C=O) groups excluding carboxylic acids is 1. The van der Waals surface area contributed by atoms with Crippen molar-refractivity contribution in [2.45, 2.75) is 25.7 Å². The molecule has 0 aromatic carbocycles. The molecule has 0 aromatic rings. The van der Waals surface area contributed by atoms with E-state index in [0.717, 1.165) is 78.0 Å². The van der Waals surface area contributed by atoms with Crippen LogP contribution in [0.4, 0.5) is 0 Å². The maximum atomic E-state index is 11.7. The van der Waals surface area contributed by atoms with Crippen LogP contribution in [0.1, 0.15) is 25.7 Å². The minimum atomic E-state index is -0.183. The van der Waals surface area contributed by atoms with E-state index in [9.17, 15) is 4.79 Å². The molecule has 0 aliphatic rings. The molecule has 0 amide bonds. The quantitative estimate of drug-likeness (QED) is 0.140. The Hall–Kier alpha value is -0.770. The number of nitrogens with zero attached hydrogens (tertiary/aromatic N) is 2. The van der Waals surface area contributed by atoms with Crippen LogP contribution in [0.15, 0.2) is 0 Å². The Labute approximate surface area is 153 Å². The standard InChI is InChI=1S/C17H40N6O2/c1-22(2)15-17(24)25-16-23(13-5-11-20-9-3-7-18)14-6-12-21-10-4-8-19/h20-21H,3-16,18-19H2,1-2H3. The first-order chi connectivity index (χ1) is 12.1. The van der Waals surface area contributed by atoms with E-state index in [4.69, 9.17) is 16.2 Å². The fourth-order valence-electron chi connectivity index (χ4n) is 2.27. The molecule has 0 aromatic heterocycles. The molecule has 150 valence electrons. The van der Waals surface area contributed by atoms with Gasteiger partial charge in [0, 0.05) is 13.1 Å². The van der Waals surface area contributed by atoms with Crippen LogP contribution in [-0.4, -0.2) is 95.5 Å². The predicted octanol–water partition coefficient (Wildman–Crippen LogP) is -0.992. The molecule has 8 nitrogen and oxygen atoms in total. The number of nitrogens with two attached hydrogens (primary N) is 2. The zero-order chi connectivity index (χ0) is 18.8. The van der Waals surface area contributed by atoms with Gasteiger partial charge in [-0.15, -0.1) is 0 Å². The fourth-order valence-corrected chi connectivity index (χ4v) is 2.27. The summed E-state index contributed by atoms with van der Waals surface area (Å²) in [6.45, 7) is 7.76. The smallest absolute Gasteiger partial charge is 0.321 e. The van der Waals surface area contributed by atoms with Crippen molar-refractivity contribution in [1.82, 2.24) is 20.4 Å². The monoisotopic (exact) mass is 360 g/mol. The summed E-state index contributed by atoms with van der Waals surface area (Å²) in [7, 11) is 3.72. The molecule has 0 aliphatic carbocycles. The normalized spacial score (nSPS) is 11.4. The van der Waals surface area contributed by atoms with Crippen molar-refractivity contribution in [1.29, 1.82) is 0 Å². The van der Waals surface area contributed by atoms with Gasteiger partial charge in [-0.3, -0.25) is 14.6 Å². The summed E-state index contributed by atoms with van der Waals surface area (Å²) in [5.41, 5.74) is 11.0. The van der Waals surface area contributed by atoms with Gasteiger partial charge in [0.25, 0.3) is 0 Å². The molecule has 0 aliphatic heterocycles. The molecule has 0 atom stereocenters. The van der Waals surface area contributed by atoms with E-state index in [-0.39, 0.29) is 5.97 Å². The average Bonchev–Trinajstić information content (AvgIpc) is 2.57. The first kappa shape index (κ1) is 24.2. The summed E-state index contributed by atoms with van der Waals surface area (Å²) >= 11 is 0. The van der Waals surface area contributed by atoms with Gasteiger partial charge in [0.15, 0.2) is 0 Å². The molecular weight excluding hydrogens is 320 g/mol. The highest BCUT2D eigenvalue weighted by atomic mass is 16.5. The third-order valence-corrected chi connectivity index (χ3v) is 3.62. The van der Waals surface area contributed by atoms with Crippen molar-refractivity contribution < 1.29 is 9.53 Å². The molecule has 0 saturated heterocycles. The van der Waals surface area contributed by atoms with Gasteiger partial charge in [0.05, 0.1) is 6.54 Å². The lowest BCUT2D eigenvalue weighted by atomic mass is 10.3. The van der Waals surface area contributed by atoms with Crippen molar-refractivity contribution in [3.8, 4) is 0 Å². The zero-order valence-corrected chi connectivity index (χ0v) is 16.3. The first-order valence-corrected chi connectivity index (χ1v) is 9.44. The van der Waals surface area contributed by atoms with E-state index in [1.807, 2.05) is 19.0 Å². The molecule has 0 heterocycles. The Kier molecular flexibility index (Phi) is 17.5. The van der Waals surface area contributed by atoms with E-state index >= 15 is 0 Å².